The molecule has 0 aromatic carbocycles. The molecule has 0 aromatic heterocycles. The van der Waals surface area contributed by atoms with Crippen molar-refractivity contribution in [3.8, 4) is 0 Å². The van der Waals surface area contributed by atoms with Gasteiger partial charge in [0.15, 0.2) is 6.17 Å². The van der Waals surface area contributed by atoms with Crippen molar-refractivity contribution in [2.24, 2.45) is 0 Å². The molecule has 1 unspecified atom stereocenters. The smallest absolute Gasteiger partial charge is 0.250 e. The first-order valence-corrected chi connectivity index (χ1v) is 6.07. The average Bonchev–Trinajstić information content (AvgIpc) is 2.24. The summed E-state index contributed by atoms with van der Waals surface area (Å²) < 4.78 is 0.732. The number of hydrogen-bond acceptors (Lipinski definition) is 3. The molecule has 0 fully saturated rings. The molecule has 110 valence electrons. The quantitative estimate of drug-likeness (QED) is 0.447. The predicted molar refractivity (Wildman–Crippen MR) is 74.9 cm³/mol. The van der Waals surface area contributed by atoms with Crippen LogP contribution in [0.2, 0.25) is 0 Å². The highest BCUT2D eigenvalue weighted by atomic mass is 16.4. The topological polar surface area (TPSA) is 69.2 Å². The second kappa shape index (κ2) is 8.48. The van der Waals surface area contributed by atoms with Crippen LogP contribution < -0.4 is 10.4 Å². The number of carboxylic acids is 1. The molecule has 0 bridgehead atoms. The average molecular weight is 270 g/mol. The van der Waals surface area contributed by atoms with Gasteiger partial charge in [0.25, 0.3) is 5.91 Å². The number of nitrogens with zero attached hydrogens (tertiary/aromatic N) is 1. The molecule has 0 aliphatic rings. The first-order chi connectivity index (χ1) is 8.43. The van der Waals surface area contributed by atoms with E-state index in [0.717, 1.165) is 10.9 Å². The maximum absolute atomic E-state index is 11.3. The lowest BCUT2D eigenvalue weighted by atomic mass is 10.2. The van der Waals surface area contributed by atoms with Crippen molar-refractivity contribution in [3.63, 3.8) is 0 Å². The Hall–Kier alpha value is -1.62. The summed E-state index contributed by atoms with van der Waals surface area (Å²) in [6.07, 6.45) is 1.08. The molecule has 0 rings (SSSR count). The fourth-order valence-corrected chi connectivity index (χ4v) is 1.12. The molecule has 0 saturated carbocycles. The van der Waals surface area contributed by atoms with Crippen LogP contribution in [0.15, 0.2) is 24.3 Å². The maximum Gasteiger partial charge on any atom is 0.250 e. The first-order valence-electron chi connectivity index (χ1n) is 6.07. The number of hydrogen-bond donors (Lipinski definition) is 1. The van der Waals surface area contributed by atoms with Crippen molar-refractivity contribution in [3.05, 3.63) is 24.3 Å². The van der Waals surface area contributed by atoms with Crippen LogP contribution in [0.5, 0.6) is 0 Å². The Morgan fingerprint density at radius 2 is 1.53 bits per heavy atom. The first kappa shape index (κ1) is 19.7. The molecule has 19 heavy (non-hydrogen) atoms. The highest BCUT2D eigenvalue weighted by Crippen LogP contribution is 2.04. The van der Waals surface area contributed by atoms with Gasteiger partial charge in [0.1, 0.15) is 0 Å². The molecule has 0 aromatic rings. The van der Waals surface area contributed by atoms with Gasteiger partial charge in [-0.05, 0) is 19.4 Å². The number of quaternary nitrogens is 1. The molecule has 5 nitrogen and oxygen atoms in total. The van der Waals surface area contributed by atoms with Gasteiger partial charge in [0.2, 0.25) is 0 Å². The van der Waals surface area contributed by atoms with Crippen molar-refractivity contribution < 1.29 is 19.2 Å². The zero-order valence-corrected chi connectivity index (χ0v) is 12.9. The van der Waals surface area contributed by atoms with Crippen molar-refractivity contribution >= 4 is 11.9 Å². The van der Waals surface area contributed by atoms with Crippen LogP contribution in [-0.2, 0) is 9.59 Å². The number of amides is 1. The summed E-state index contributed by atoms with van der Waals surface area (Å²) in [5.74, 6) is -1.24. The molecule has 0 aliphatic carbocycles. The van der Waals surface area contributed by atoms with E-state index in [0.29, 0.717) is 5.57 Å². The van der Waals surface area contributed by atoms with Gasteiger partial charge in [0, 0.05) is 12.0 Å². The van der Waals surface area contributed by atoms with Gasteiger partial charge in [0.05, 0.1) is 27.1 Å². The molecule has 0 spiro atoms. The van der Waals surface area contributed by atoms with Crippen LogP contribution in [-0.4, -0.2) is 43.7 Å². The van der Waals surface area contributed by atoms with E-state index in [1.54, 1.807) is 6.92 Å². The van der Waals surface area contributed by atoms with Crippen molar-refractivity contribution in [2.45, 2.75) is 33.4 Å². The zero-order chi connectivity index (χ0) is 15.8. The summed E-state index contributed by atoms with van der Waals surface area (Å²) in [4.78, 5) is 20.8. The van der Waals surface area contributed by atoms with E-state index < -0.39 is 5.97 Å². The van der Waals surface area contributed by atoms with Crippen LogP contribution in [0, 0.1) is 0 Å². The van der Waals surface area contributed by atoms with E-state index in [1.807, 2.05) is 0 Å². The van der Waals surface area contributed by atoms with Gasteiger partial charge in [-0.3, -0.25) is 4.79 Å². The van der Waals surface area contributed by atoms with Crippen molar-refractivity contribution in [1.82, 2.24) is 5.32 Å². The van der Waals surface area contributed by atoms with Gasteiger partial charge < -0.3 is 19.7 Å². The number of carbonyl (C=O) groups is 2. The fourth-order valence-electron chi connectivity index (χ4n) is 1.12. The second-order valence-corrected chi connectivity index (χ2v) is 5.36. The normalized spacial score (nSPS) is 11.7. The van der Waals surface area contributed by atoms with E-state index in [1.165, 1.54) is 6.92 Å². The molecule has 1 atom stereocenters. The Balaban J connectivity index is 0. The third kappa shape index (κ3) is 10.0. The largest absolute Gasteiger partial charge is 0.545 e. The van der Waals surface area contributed by atoms with Crippen LogP contribution in [0.4, 0.5) is 0 Å². The van der Waals surface area contributed by atoms with Gasteiger partial charge in [-0.1, -0.05) is 20.1 Å². The molecule has 0 saturated heterocycles. The molecule has 1 N–H and O–H groups in total. The summed E-state index contributed by atoms with van der Waals surface area (Å²) in [7, 11) is 6.19. The van der Waals surface area contributed by atoms with E-state index in [-0.39, 0.29) is 17.6 Å². The van der Waals surface area contributed by atoms with Gasteiger partial charge in [-0.15, -0.1) is 0 Å². The van der Waals surface area contributed by atoms with Crippen LogP contribution in [0.1, 0.15) is 27.2 Å². The lowest BCUT2D eigenvalue weighted by molar-refractivity contribution is -0.898. The van der Waals surface area contributed by atoms with E-state index >= 15 is 0 Å². The Bertz CT molecular complexity index is 342. The van der Waals surface area contributed by atoms with Crippen LogP contribution >= 0.6 is 0 Å². The maximum atomic E-state index is 11.3. The third-order valence-electron chi connectivity index (χ3n) is 2.36. The molecular weight excluding hydrogens is 244 g/mol. The summed E-state index contributed by atoms with van der Waals surface area (Å²) in [6, 6.07) is 0. The number of aliphatic carboxylic acids is 1. The summed E-state index contributed by atoms with van der Waals surface area (Å²) in [5, 5.41) is 12.4. The fraction of sp³-hybridized carbons (Fsp3) is 0.571. The SMILES string of the molecule is C=C(C)C(=O)NC(CC)[N+](C)(C)C.C=C(C)C(=O)[O-]. The highest BCUT2D eigenvalue weighted by Gasteiger charge is 2.23. The zero-order valence-electron chi connectivity index (χ0n) is 12.9. The lowest BCUT2D eigenvalue weighted by Crippen LogP contribution is -2.54. The Kier molecular flexibility index (Phi) is 8.79. The van der Waals surface area contributed by atoms with Crippen molar-refractivity contribution in [1.29, 1.82) is 0 Å². The Labute approximate surface area is 116 Å². The Morgan fingerprint density at radius 3 is 1.68 bits per heavy atom. The lowest BCUT2D eigenvalue weighted by Gasteiger charge is -2.33. The number of carbonyl (C=O) groups excluding carboxylic acids is 2. The highest BCUT2D eigenvalue weighted by molar-refractivity contribution is 5.92. The molecule has 5 heteroatoms. The molecule has 0 aliphatic heterocycles. The standard InChI is InChI=1S/C10H20N2O.C4H6O2/c1-7-9(12(4,5)6)11-10(13)8(2)3;1-3(2)4(5)6/h9H,2,7H2,1,3-6H3;1H2,2H3,(H,5,6). The molecule has 0 heterocycles. The van der Waals surface area contributed by atoms with E-state index in [9.17, 15) is 14.7 Å². The minimum absolute atomic E-state index is 0.0556. The third-order valence-corrected chi connectivity index (χ3v) is 2.36. The monoisotopic (exact) mass is 270 g/mol. The molecule has 0 radical (unpaired) electrons. The van der Waals surface area contributed by atoms with Crippen LogP contribution in [0.25, 0.3) is 0 Å². The summed E-state index contributed by atoms with van der Waals surface area (Å²) in [5.41, 5.74) is 0.627. The Morgan fingerprint density at radius 1 is 1.16 bits per heavy atom. The number of carboxylic acid groups (broad SMARTS) is 1. The summed E-state index contributed by atoms with van der Waals surface area (Å²) in [6.45, 7) is 11.9. The molecular formula is C14H26N2O3. The van der Waals surface area contributed by atoms with Gasteiger partial charge >= 0.3 is 0 Å². The number of nitrogens with one attached hydrogen (secondary N) is 1. The minimum atomic E-state index is -1.19. The van der Waals surface area contributed by atoms with Crippen LogP contribution in [0.3, 0.4) is 0 Å². The van der Waals surface area contributed by atoms with Gasteiger partial charge in [-0.25, -0.2) is 0 Å². The minimum Gasteiger partial charge on any atom is -0.545 e. The predicted octanol–water partition coefficient (Wildman–Crippen LogP) is 0.433. The summed E-state index contributed by atoms with van der Waals surface area (Å²) >= 11 is 0. The second-order valence-electron chi connectivity index (χ2n) is 5.36. The van der Waals surface area contributed by atoms with E-state index in [2.05, 4.69) is 46.5 Å². The van der Waals surface area contributed by atoms with Gasteiger partial charge in [-0.2, -0.15) is 0 Å². The van der Waals surface area contributed by atoms with E-state index in [4.69, 9.17) is 0 Å². The molecule has 1 amide bonds. The number of rotatable bonds is 5. The van der Waals surface area contributed by atoms with Crippen molar-refractivity contribution in [2.75, 3.05) is 21.1 Å².